The topological polar surface area (TPSA) is 52.1 Å². The van der Waals surface area contributed by atoms with Gasteiger partial charge in [-0.3, -0.25) is 10.00 Å². The van der Waals surface area contributed by atoms with Crippen molar-refractivity contribution >= 4 is 0 Å². The second kappa shape index (κ2) is 3.89. The highest BCUT2D eigenvalue weighted by molar-refractivity contribution is 4.98. The highest BCUT2D eigenvalue weighted by atomic mass is 16.3. The van der Waals surface area contributed by atoms with Crippen LogP contribution in [0.1, 0.15) is 18.5 Å². The summed E-state index contributed by atoms with van der Waals surface area (Å²) in [5.74, 6) is 0. The molecule has 1 aliphatic rings. The highest BCUT2D eigenvalue weighted by Gasteiger charge is 2.23. The summed E-state index contributed by atoms with van der Waals surface area (Å²) in [4.78, 5) is 2.30. The van der Waals surface area contributed by atoms with Crippen molar-refractivity contribution in [1.29, 1.82) is 0 Å². The third-order valence-electron chi connectivity index (χ3n) is 2.64. The molecule has 4 nitrogen and oxygen atoms in total. The van der Waals surface area contributed by atoms with Crippen molar-refractivity contribution in [1.82, 2.24) is 15.1 Å². The number of aliphatic hydroxyl groups excluding tert-OH is 1. The van der Waals surface area contributed by atoms with E-state index in [1.165, 1.54) is 6.42 Å². The summed E-state index contributed by atoms with van der Waals surface area (Å²) in [7, 11) is 0. The van der Waals surface area contributed by atoms with E-state index >= 15 is 0 Å². The number of nitrogens with one attached hydrogen (secondary N) is 1. The summed E-state index contributed by atoms with van der Waals surface area (Å²) in [6.07, 6.45) is 4.07. The molecule has 0 amide bonds. The number of likely N-dealkylation sites (tertiary alicyclic amines) is 1. The standard InChI is InChI=1S/C9H15N3O/c13-7-9-2-1-5-12(9)6-8-3-4-10-11-8/h3-4,9,13H,1-2,5-7H2,(H,10,11). The van der Waals surface area contributed by atoms with Gasteiger partial charge in [0.15, 0.2) is 0 Å². The Morgan fingerprint density at radius 1 is 1.69 bits per heavy atom. The smallest absolute Gasteiger partial charge is 0.0587 e. The van der Waals surface area contributed by atoms with Crippen LogP contribution in [0.15, 0.2) is 12.3 Å². The second-order valence-electron chi connectivity index (χ2n) is 3.53. The van der Waals surface area contributed by atoms with Crippen molar-refractivity contribution in [3.8, 4) is 0 Å². The molecule has 72 valence electrons. The first-order chi connectivity index (χ1) is 6.40. The second-order valence-corrected chi connectivity index (χ2v) is 3.53. The Hall–Kier alpha value is -0.870. The number of hydrogen-bond donors (Lipinski definition) is 2. The number of hydrogen-bond acceptors (Lipinski definition) is 3. The summed E-state index contributed by atoms with van der Waals surface area (Å²) < 4.78 is 0. The van der Waals surface area contributed by atoms with Gasteiger partial charge in [-0.05, 0) is 25.5 Å². The minimum Gasteiger partial charge on any atom is -0.395 e. The average Bonchev–Trinajstić information content (AvgIpc) is 2.76. The fourth-order valence-corrected chi connectivity index (χ4v) is 1.90. The Bertz CT molecular complexity index is 247. The maximum absolute atomic E-state index is 9.10. The Kier molecular flexibility index (Phi) is 2.61. The van der Waals surface area contributed by atoms with Crippen LogP contribution in [0.3, 0.4) is 0 Å². The van der Waals surface area contributed by atoms with Crippen LogP contribution in [-0.2, 0) is 6.54 Å². The summed E-state index contributed by atoms with van der Waals surface area (Å²) >= 11 is 0. The molecule has 0 spiro atoms. The van der Waals surface area contributed by atoms with Gasteiger partial charge >= 0.3 is 0 Å². The molecule has 1 atom stereocenters. The van der Waals surface area contributed by atoms with Crippen molar-refractivity contribution in [2.24, 2.45) is 0 Å². The van der Waals surface area contributed by atoms with Gasteiger partial charge in [-0.15, -0.1) is 0 Å². The van der Waals surface area contributed by atoms with E-state index < -0.39 is 0 Å². The number of H-pyrrole nitrogens is 1. The molecule has 1 aromatic heterocycles. The number of aromatic amines is 1. The molecule has 1 saturated heterocycles. The minimum atomic E-state index is 0.272. The van der Waals surface area contributed by atoms with Gasteiger partial charge in [0, 0.05) is 24.5 Å². The molecule has 0 saturated carbocycles. The fourth-order valence-electron chi connectivity index (χ4n) is 1.90. The van der Waals surface area contributed by atoms with E-state index in [9.17, 15) is 0 Å². The largest absolute Gasteiger partial charge is 0.395 e. The molecule has 0 bridgehead atoms. The van der Waals surface area contributed by atoms with E-state index in [0.717, 1.165) is 25.2 Å². The summed E-state index contributed by atoms with van der Waals surface area (Å²) in [6.45, 7) is 2.24. The number of aromatic nitrogens is 2. The molecule has 1 fully saturated rings. The Labute approximate surface area is 77.6 Å². The number of aliphatic hydroxyl groups is 1. The third-order valence-corrected chi connectivity index (χ3v) is 2.64. The maximum Gasteiger partial charge on any atom is 0.0587 e. The molecular formula is C9H15N3O. The maximum atomic E-state index is 9.10. The molecule has 2 N–H and O–H groups in total. The van der Waals surface area contributed by atoms with Crippen molar-refractivity contribution in [3.63, 3.8) is 0 Å². The molecule has 2 heterocycles. The molecule has 13 heavy (non-hydrogen) atoms. The first-order valence-corrected chi connectivity index (χ1v) is 4.73. The highest BCUT2D eigenvalue weighted by Crippen LogP contribution is 2.18. The lowest BCUT2D eigenvalue weighted by Crippen LogP contribution is -2.31. The van der Waals surface area contributed by atoms with Crippen LogP contribution >= 0.6 is 0 Å². The minimum absolute atomic E-state index is 0.272. The molecule has 1 aliphatic heterocycles. The summed E-state index contributed by atoms with van der Waals surface area (Å²) in [5.41, 5.74) is 1.13. The van der Waals surface area contributed by atoms with Gasteiger partial charge in [0.1, 0.15) is 0 Å². The molecule has 4 heteroatoms. The van der Waals surface area contributed by atoms with Crippen molar-refractivity contribution < 1.29 is 5.11 Å². The quantitative estimate of drug-likeness (QED) is 0.708. The monoisotopic (exact) mass is 181 g/mol. The zero-order chi connectivity index (χ0) is 9.10. The lowest BCUT2D eigenvalue weighted by molar-refractivity contribution is 0.152. The first-order valence-electron chi connectivity index (χ1n) is 4.73. The Balaban J connectivity index is 1.94. The SMILES string of the molecule is OCC1CCCN1Cc1ccn[nH]1. The fraction of sp³-hybridized carbons (Fsp3) is 0.667. The van der Waals surface area contributed by atoms with Gasteiger partial charge in [-0.25, -0.2) is 0 Å². The summed E-state index contributed by atoms with van der Waals surface area (Å²) in [6, 6.07) is 2.33. The first kappa shape index (κ1) is 8.72. The normalized spacial score (nSPS) is 23.9. The lowest BCUT2D eigenvalue weighted by Gasteiger charge is -2.21. The molecule has 1 unspecified atom stereocenters. The number of rotatable bonds is 3. The molecule has 2 rings (SSSR count). The van der Waals surface area contributed by atoms with Gasteiger partial charge in [0.25, 0.3) is 0 Å². The number of nitrogens with zero attached hydrogens (tertiary/aromatic N) is 2. The van der Waals surface area contributed by atoms with Gasteiger partial charge in [-0.2, -0.15) is 5.10 Å². The predicted molar refractivity (Wildman–Crippen MR) is 49.1 cm³/mol. The third kappa shape index (κ3) is 1.89. The van der Waals surface area contributed by atoms with E-state index in [1.54, 1.807) is 6.20 Å². The van der Waals surface area contributed by atoms with Gasteiger partial charge < -0.3 is 5.11 Å². The van der Waals surface area contributed by atoms with Crippen LogP contribution in [0.2, 0.25) is 0 Å². The zero-order valence-corrected chi connectivity index (χ0v) is 7.61. The predicted octanol–water partition coefficient (Wildman–Crippen LogP) is 0.366. The molecule has 1 aromatic rings. The van der Waals surface area contributed by atoms with Crippen LogP contribution in [-0.4, -0.2) is 39.4 Å². The van der Waals surface area contributed by atoms with Crippen LogP contribution in [0.5, 0.6) is 0 Å². The van der Waals surface area contributed by atoms with Crippen LogP contribution in [0.4, 0.5) is 0 Å². The Morgan fingerprint density at radius 2 is 2.62 bits per heavy atom. The van der Waals surface area contributed by atoms with Gasteiger partial charge in [0.05, 0.1) is 6.61 Å². The van der Waals surface area contributed by atoms with E-state index in [1.807, 2.05) is 6.07 Å². The molecular weight excluding hydrogens is 166 g/mol. The van der Waals surface area contributed by atoms with Gasteiger partial charge in [-0.1, -0.05) is 0 Å². The van der Waals surface area contributed by atoms with E-state index in [2.05, 4.69) is 15.1 Å². The van der Waals surface area contributed by atoms with Crippen molar-refractivity contribution in [3.05, 3.63) is 18.0 Å². The van der Waals surface area contributed by atoms with Crippen LogP contribution < -0.4 is 0 Å². The van der Waals surface area contributed by atoms with E-state index in [-0.39, 0.29) is 6.61 Å². The zero-order valence-electron chi connectivity index (χ0n) is 7.61. The Morgan fingerprint density at radius 3 is 3.31 bits per heavy atom. The molecule has 0 aliphatic carbocycles. The summed E-state index contributed by atoms with van der Waals surface area (Å²) in [5, 5.41) is 15.9. The van der Waals surface area contributed by atoms with Crippen LogP contribution in [0, 0.1) is 0 Å². The van der Waals surface area contributed by atoms with E-state index in [4.69, 9.17) is 5.11 Å². The van der Waals surface area contributed by atoms with Gasteiger partial charge in [0.2, 0.25) is 0 Å². The van der Waals surface area contributed by atoms with E-state index in [0.29, 0.717) is 6.04 Å². The molecule has 0 radical (unpaired) electrons. The van der Waals surface area contributed by atoms with Crippen molar-refractivity contribution in [2.45, 2.75) is 25.4 Å². The average molecular weight is 181 g/mol. The lowest BCUT2D eigenvalue weighted by atomic mass is 10.2. The van der Waals surface area contributed by atoms with Crippen molar-refractivity contribution in [2.75, 3.05) is 13.2 Å². The molecule has 0 aromatic carbocycles. The van der Waals surface area contributed by atoms with Crippen LogP contribution in [0.25, 0.3) is 0 Å².